The van der Waals surface area contributed by atoms with Gasteiger partial charge in [-0.2, -0.15) is 0 Å². The van der Waals surface area contributed by atoms with Gasteiger partial charge in [0.05, 0.1) is 5.02 Å². The summed E-state index contributed by atoms with van der Waals surface area (Å²) in [6.45, 7) is 6.71. The summed E-state index contributed by atoms with van der Waals surface area (Å²) in [5.74, 6) is 2.14. The maximum atomic E-state index is 6.20. The van der Waals surface area contributed by atoms with E-state index < -0.39 is 0 Å². The highest BCUT2D eigenvalue weighted by Gasteiger charge is 2.13. The van der Waals surface area contributed by atoms with Crippen molar-refractivity contribution in [3.05, 3.63) is 82.1 Å². The van der Waals surface area contributed by atoms with E-state index in [2.05, 4.69) is 16.8 Å². The van der Waals surface area contributed by atoms with Gasteiger partial charge in [0, 0.05) is 17.3 Å². The third-order valence-electron chi connectivity index (χ3n) is 3.83. The van der Waals surface area contributed by atoms with Gasteiger partial charge in [-0.25, -0.2) is 0 Å². The summed E-state index contributed by atoms with van der Waals surface area (Å²) < 4.78 is 7.86. The second-order valence-corrected chi connectivity index (χ2v) is 7.72. The molecule has 3 rings (SSSR count). The number of nitrogens with zero attached hydrogens (tertiary/aromatic N) is 3. The standard InChI is InChI=1S/C20H19Cl2N3OS/c1-3-10-25-19(12-26-18-11-14(2)4-9-17(18)22)23-24-20(25)27-13-15-5-7-16(21)8-6-15/h3-9,11H,1,10,12-13H2,2H3. The molecule has 0 atom stereocenters. The lowest BCUT2D eigenvalue weighted by atomic mass is 10.2. The summed E-state index contributed by atoms with van der Waals surface area (Å²) >= 11 is 13.7. The van der Waals surface area contributed by atoms with Gasteiger partial charge in [0.15, 0.2) is 11.0 Å². The quantitative estimate of drug-likeness (QED) is 0.334. The summed E-state index contributed by atoms with van der Waals surface area (Å²) in [5.41, 5.74) is 2.25. The lowest BCUT2D eigenvalue weighted by Crippen LogP contribution is -2.07. The molecule has 27 heavy (non-hydrogen) atoms. The van der Waals surface area contributed by atoms with Gasteiger partial charge >= 0.3 is 0 Å². The van der Waals surface area contributed by atoms with Gasteiger partial charge in [0.2, 0.25) is 0 Å². The Hall–Kier alpha value is -1.95. The predicted molar refractivity (Wildman–Crippen MR) is 112 cm³/mol. The molecule has 0 spiro atoms. The largest absolute Gasteiger partial charge is 0.484 e. The summed E-state index contributed by atoms with van der Waals surface area (Å²) in [7, 11) is 0. The van der Waals surface area contributed by atoms with Crippen LogP contribution >= 0.6 is 35.0 Å². The number of benzene rings is 2. The van der Waals surface area contributed by atoms with Gasteiger partial charge in [-0.3, -0.25) is 4.57 Å². The highest BCUT2D eigenvalue weighted by molar-refractivity contribution is 7.98. The van der Waals surface area contributed by atoms with Gasteiger partial charge < -0.3 is 4.74 Å². The van der Waals surface area contributed by atoms with Crippen molar-refractivity contribution in [2.45, 2.75) is 31.0 Å². The van der Waals surface area contributed by atoms with E-state index in [0.29, 0.717) is 17.3 Å². The lowest BCUT2D eigenvalue weighted by molar-refractivity contribution is 0.289. The number of aromatic nitrogens is 3. The smallest absolute Gasteiger partial charge is 0.191 e. The molecule has 140 valence electrons. The van der Waals surface area contributed by atoms with E-state index in [1.165, 1.54) is 5.56 Å². The Bertz CT molecular complexity index is 925. The van der Waals surface area contributed by atoms with Crippen LogP contribution in [0, 0.1) is 6.92 Å². The van der Waals surface area contributed by atoms with E-state index in [1.807, 2.05) is 60.0 Å². The van der Waals surface area contributed by atoms with Crippen molar-refractivity contribution in [2.75, 3.05) is 0 Å². The maximum absolute atomic E-state index is 6.20. The van der Waals surface area contributed by atoms with Crippen molar-refractivity contribution in [3.8, 4) is 5.75 Å². The molecular formula is C20H19Cl2N3OS. The van der Waals surface area contributed by atoms with Crippen LogP contribution in [0.2, 0.25) is 10.0 Å². The van der Waals surface area contributed by atoms with Crippen molar-refractivity contribution in [3.63, 3.8) is 0 Å². The summed E-state index contributed by atoms with van der Waals surface area (Å²) in [6, 6.07) is 13.5. The van der Waals surface area contributed by atoms with Crippen LogP contribution in [0.25, 0.3) is 0 Å². The highest BCUT2D eigenvalue weighted by Crippen LogP contribution is 2.27. The number of hydrogen-bond acceptors (Lipinski definition) is 4. The van der Waals surface area contributed by atoms with Gasteiger partial charge in [-0.15, -0.1) is 16.8 Å². The van der Waals surface area contributed by atoms with E-state index in [1.54, 1.807) is 11.8 Å². The van der Waals surface area contributed by atoms with Crippen molar-refractivity contribution in [1.82, 2.24) is 14.8 Å². The average Bonchev–Trinajstić information content (AvgIpc) is 3.04. The van der Waals surface area contributed by atoms with E-state index >= 15 is 0 Å². The number of rotatable bonds is 8. The van der Waals surface area contributed by atoms with Crippen LogP contribution in [0.15, 0.2) is 60.3 Å². The van der Waals surface area contributed by atoms with Crippen LogP contribution in [0.1, 0.15) is 17.0 Å². The fourth-order valence-electron chi connectivity index (χ4n) is 2.44. The molecule has 0 bridgehead atoms. The van der Waals surface area contributed by atoms with E-state index in [4.69, 9.17) is 27.9 Å². The molecule has 0 saturated heterocycles. The first-order chi connectivity index (χ1) is 13.1. The molecule has 1 aromatic heterocycles. The normalized spacial score (nSPS) is 10.8. The zero-order valence-electron chi connectivity index (χ0n) is 14.9. The Balaban J connectivity index is 1.71. The fraction of sp³-hybridized carbons (Fsp3) is 0.200. The number of hydrogen-bond donors (Lipinski definition) is 0. The monoisotopic (exact) mass is 419 g/mol. The molecule has 0 fully saturated rings. The van der Waals surface area contributed by atoms with Crippen molar-refractivity contribution in [1.29, 1.82) is 0 Å². The molecule has 0 N–H and O–H groups in total. The lowest BCUT2D eigenvalue weighted by Gasteiger charge is -2.10. The van der Waals surface area contributed by atoms with Crippen LogP contribution in [0.5, 0.6) is 5.75 Å². The highest BCUT2D eigenvalue weighted by atomic mass is 35.5. The molecule has 0 aliphatic heterocycles. The molecule has 0 aliphatic rings. The minimum atomic E-state index is 0.283. The Kier molecular flexibility index (Phi) is 6.83. The fourth-order valence-corrected chi connectivity index (χ4v) is 3.66. The average molecular weight is 420 g/mol. The Morgan fingerprint density at radius 1 is 1.15 bits per heavy atom. The second-order valence-electron chi connectivity index (χ2n) is 5.94. The molecule has 0 aliphatic carbocycles. The topological polar surface area (TPSA) is 39.9 Å². The molecule has 0 amide bonds. The first kappa shape index (κ1) is 19.8. The van der Waals surface area contributed by atoms with E-state index in [9.17, 15) is 0 Å². The van der Waals surface area contributed by atoms with Crippen molar-refractivity contribution < 1.29 is 4.74 Å². The summed E-state index contributed by atoms with van der Waals surface area (Å²) in [5, 5.41) is 10.7. The van der Waals surface area contributed by atoms with Crippen LogP contribution < -0.4 is 4.74 Å². The van der Waals surface area contributed by atoms with Gasteiger partial charge in [-0.05, 0) is 42.3 Å². The van der Waals surface area contributed by atoms with Crippen molar-refractivity contribution in [2.24, 2.45) is 0 Å². The predicted octanol–water partition coefficient (Wildman–Crippen LogP) is 5.95. The van der Waals surface area contributed by atoms with Crippen LogP contribution in [0.4, 0.5) is 0 Å². The molecule has 3 aromatic rings. The summed E-state index contributed by atoms with van der Waals surface area (Å²) in [4.78, 5) is 0. The number of aryl methyl sites for hydroxylation is 1. The Morgan fingerprint density at radius 2 is 1.93 bits per heavy atom. The molecular weight excluding hydrogens is 401 g/mol. The second kappa shape index (κ2) is 9.31. The van der Waals surface area contributed by atoms with E-state index in [0.717, 1.165) is 27.3 Å². The van der Waals surface area contributed by atoms with Crippen molar-refractivity contribution >= 4 is 35.0 Å². The SMILES string of the molecule is C=CCn1c(COc2cc(C)ccc2Cl)nnc1SCc1ccc(Cl)cc1. The van der Waals surface area contributed by atoms with Gasteiger partial charge in [0.25, 0.3) is 0 Å². The minimum Gasteiger partial charge on any atom is -0.484 e. The zero-order chi connectivity index (χ0) is 19.2. The first-order valence-electron chi connectivity index (χ1n) is 8.36. The maximum Gasteiger partial charge on any atom is 0.191 e. The molecule has 2 aromatic carbocycles. The number of halogens is 2. The number of ether oxygens (including phenoxy) is 1. The Labute approximate surface area is 173 Å². The number of thioether (sulfide) groups is 1. The van der Waals surface area contributed by atoms with E-state index in [-0.39, 0.29) is 6.61 Å². The molecule has 7 heteroatoms. The zero-order valence-corrected chi connectivity index (χ0v) is 17.2. The van der Waals surface area contributed by atoms with Crippen LogP contribution in [-0.4, -0.2) is 14.8 Å². The third kappa shape index (κ3) is 5.28. The molecule has 0 unspecified atom stereocenters. The van der Waals surface area contributed by atoms with Crippen LogP contribution in [-0.2, 0) is 18.9 Å². The third-order valence-corrected chi connectivity index (χ3v) is 5.43. The minimum absolute atomic E-state index is 0.283. The molecule has 4 nitrogen and oxygen atoms in total. The van der Waals surface area contributed by atoms with Gasteiger partial charge in [0.1, 0.15) is 12.4 Å². The summed E-state index contributed by atoms with van der Waals surface area (Å²) in [6.07, 6.45) is 1.82. The molecule has 0 saturated carbocycles. The molecule has 0 radical (unpaired) electrons. The number of allylic oxidation sites excluding steroid dienone is 1. The molecule has 1 heterocycles. The van der Waals surface area contributed by atoms with Gasteiger partial charge in [-0.1, -0.05) is 59.2 Å². The first-order valence-corrected chi connectivity index (χ1v) is 10.1. The Morgan fingerprint density at radius 3 is 2.67 bits per heavy atom. The van der Waals surface area contributed by atoms with Crippen LogP contribution in [0.3, 0.4) is 0 Å².